The molecule has 7 heteroatoms. The second kappa shape index (κ2) is 8.74. The Labute approximate surface area is 94.1 Å². The Bertz CT molecular complexity index is 457. The molecule has 1 N–H and O–H groups in total. The van der Waals surface area contributed by atoms with Gasteiger partial charge in [0.1, 0.15) is 0 Å². The topological polar surface area (TPSA) is 88.4 Å². The molecule has 1 aromatic heterocycles. The van der Waals surface area contributed by atoms with Crippen molar-refractivity contribution in [2.45, 2.75) is 0 Å². The van der Waals surface area contributed by atoms with E-state index in [4.69, 9.17) is 21.2 Å². The van der Waals surface area contributed by atoms with Crippen molar-refractivity contribution in [3.05, 3.63) is 42.6 Å². The van der Waals surface area contributed by atoms with Crippen LogP contribution >= 0.6 is 0 Å². The van der Waals surface area contributed by atoms with Gasteiger partial charge in [-0.05, 0) is 12.1 Å². The van der Waals surface area contributed by atoms with E-state index in [1.165, 1.54) is 10.9 Å². The Hall–Kier alpha value is -1.55. The van der Waals surface area contributed by atoms with Crippen LogP contribution in [0.4, 0.5) is 4.53 Å². The van der Waals surface area contributed by atoms with E-state index in [1.807, 2.05) is 24.4 Å². The Balaban J connectivity index is 0.000000323. The smallest absolute Gasteiger partial charge is 0.210 e. The number of pyridine rings is 1. The number of aromatic nitrogens is 1. The van der Waals surface area contributed by atoms with Crippen LogP contribution in [0.25, 0.3) is 10.9 Å². The van der Waals surface area contributed by atoms with Crippen molar-refractivity contribution in [1.29, 1.82) is 0 Å². The molecule has 0 fully saturated rings. The van der Waals surface area contributed by atoms with Crippen molar-refractivity contribution in [2.75, 3.05) is 0 Å². The molecule has 0 aliphatic carbocycles. The van der Waals surface area contributed by atoms with E-state index >= 15 is 0 Å². The number of nitrogens with one attached hydrogen (secondary N) is 1. The summed E-state index contributed by atoms with van der Waals surface area (Å²) >= 11 is -3.79. The maximum atomic E-state index is 8.54. The Morgan fingerprint density at radius 2 is 1.50 bits per heavy atom. The zero-order valence-electron chi connectivity index (χ0n) is 7.96. The summed E-state index contributed by atoms with van der Waals surface area (Å²) in [7, 11) is 0. The molecule has 2 rings (SSSR count). The summed E-state index contributed by atoms with van der Waals surface area (Å²) in [4.78, 5) is 3.15. The summed E-state index contributed by atoms with van der Waals surface area (Å²) in [5, 5.41) is 8.00. The van der Waals surface area contributed by atoms with Gasteiger partial charge in [0.2, 0.25) is 5.52 Å². The maximum Gasteiger partial charge on any atom is 0.210 e. The van der Waals surface area contributed by atoms with Gasteiger partial charge in [-0.3, -0.25) is 0 Å². The molecule has 86 valence electrons. The first-order valence-corrected chi connectivity index (χ1v) is 5.54. The van der Waals surface area contributed by atoms with Crippen LogP contribution in [0.5, 0.6) is 0 Å². The number of fused-ring (bicyclic) bond motifs is 1. The summed E-state index contributed by atoms with van der Waals surface area (Å²) in [5.41, 5.74) is 1.19. The van der Waals surface area contributed by atoms with Gasteiger partial charge in [-0.2, -0.15) is 0 Å². The first kappa shape index (κ1) is 14.5. The van der Waals surface area contributed by atoms with E-state index in [0.717, 1.165) is 0 Å². The maximum absolute atomic E-state index is 8.54. The molecule has 16 heavy (non-hydrogen) atoms. The predicted molar refractivity (Wildman–Crippen MR) is 43.7 cm³/mol. The third kappa shape index (κ3) is 6.03. The summed E-state index contributed by atoms with van der Waals surface area (Å²) in [6, 6.07) is 12.3. The molecule has 1 aromatic carbocycles. The minimum Gasteiger partial charge on any atom is -0.211 e. The molecule has 0 atom stereocenters. The first-order valence-electron chi connectivity index (χ1n) is 3.98. The van der Waals surface area contributed by atoms with Crippen LogP contribution in [-0.4, -0.2) is 0 Å². The zero-order valence-corrected chi connectivity index (χ0v) is 9.24. The molecule has 0 amide bonds. The standard InChI is InChI=1S/C9H7N.Cr.FO.3O/c1-2-6-9-8(4-1)5-3-7-10-9;;1-2;;;/h1-7H;;;;;/q;;-1;;;/p+1. The van der Waals surface area contributed by atoms with Crippen molar-refractivity contribution in [3.8, 4) is 0 Å². The molecule has 2 aromatic rings. The van der Waals surface area contributed by atoms with Gasteiger partial charge in [0.25, 0.3) is 0 Å². The van der Waals surface area contributed by atoms with Crippen LogP contribution < -0.4 is 10.3 Å². The predicted octanol–water partition coefficient (Wildman–Crippen LogP) is 0.526. The normalized spacial score (nSPS) is 8.12. The number of benzene rings is 1. The quantitative estimate of drug-likeness (QED) is 0.694. The van der Waals surface area contributed by atoms with Crippen LogP contribution in [0.3, 0.4) is 0 Å². The van der Waals surface area contributed by atoms with Crippen molar-refractivity contribution >= 4 is 10.9 Å². The van der Waals surface area contributed by atoms with Crippen LogP contribution in [-0.2, 0) is 25.4 Å². The molecular formula is C9H8CrFNO4. The van der Waals surface area contributed by atoms with Crippen molar-refractivity contribution < 1.29 is 40.2 Å². The number of hydrogen-bond donors (Lipinski definition) is 0. The molecular weight excluding hydrogens is 257 g/mol. The van der Waals surface area contributed by atoms with E-state index < -0.39 is 14.0 Å². The van der Waals surface area contributed by atoms with Gasteiger partial charge in [0, 0.05) is 17.5 Å². The molecule has 0 unspecified atom stereocenters. The average Bonchev–Trinajstić information content (AvgIpc) is 2.31. The summed E-state index contributed by atoms with van der Waals surface area (Å²) < 4.78 is 33.9. The van der Waals surface area contributed by atoms with Gasteiger partial charge < -0.3 is 9.84 Å². The summed E-state index contributed by atoms with van der Waals surface area (Å²) in [6.07, 6.45) is 1.93. The molecule has 0 bridgehead atoms. The monoisotopic (exact) mass is 265 g/mol. The largest absolute Gasteiger partial charge is 0.211 e. The number of halogens is 1. The Kier molecular flexibility index (Phi) is 7.89. The number of para-hydroxylation sites is 1. The van der Waals surface area contributed by atoms with E-state index in [-0.39, 0.29) is 0 Å². The average molecular weight is 265 g/mol. The summed E-state index contributed by atoms with van der Waals surface area (Å²) in [5.74, 6) is 0. The van der Waals surface area contributed by atoms with E-state index in [1.54, 1.807) is 0 Å². The third-order valence-corrected chi connectivity index (χ3v) is 1.57. The molecule has 1 heterocycles. The van der Waals surface area contributed by atoms with Crippen molar-refractivity contribution in [2.24, 2.45) is 0 Å². The fraction of sp³-hybridized carbons (Fsp3) is 0. The minimum atomic E-state index is -3.79. The van der Waals surface area contributed by atoms with Gasteiger partial charge >= 0.3 is 25.4 Å². The van der Waals surface area contributed by atoms with Crippen LogP contribution in [0.1, 0.15) is 0 Å². The number of rotatable bonds is 0. The second-order valence-corrected chi connectivity index (χ2v) is 3.10. The van der Waals surface area contributed by atoms with Crippen LogP contribution in [0.2, 0.25) is 0 Å². The fourth-order valence-electron chi connectivity index (χ4n) is 1.06. The SMILES string of the molecule is [O-]F.[O]=[Cr](=[O])=[O].c1ccc2[nH+]cccc2c1. The number of aromatic amines is 1. The Morgan fingerprint density at radius 3 is 2.06 bits per heavy atom. The molecule has 0 aliphatic rings. The van der Waals surface area contributed by atoms with Crippen molar-refractivity contribution in [1.82, 2.24) is 0 Å². The van der Waals surface area contributed by atoms with Gasteiger partial charge in [-0.25, -0.2) is 4.98 Å². The van der Waals surface area contributed by atoms with Crippen LogP contribution in [0.15, 0.2) is 42.6 Å². The fourth-order valence-corrected chi connectivity index (χ4v) is 1.06. The number of H-pyrrole nitrogens is 1. The molecule has 0 saturated carbocycles. The molecule has 0 radical (unpaired) electrons. The molecule has 0 saturated heterocycles. The van der Waals surface area contributed by atoms with Gasteiger partial charge in [0.05, 0.1) is 0 Å². The van der Waals surface area contributed by atoms with Gasteiger partial charge in [-0.15, -0.1) is 0 Å². The Morgan fingerprint density at radius 1 is 1.00 bits per heavy atom. The second-order valence-electron chi connectivity index (χ2n) is 2.46. The number of hydrogen-bond acceptors (Lipinski definition) is 4. The van der Waals surface area contributed by atoms with E-state index in [2.05, 4.69) is 23.2 Å². The van der Waals surface area contributed by atoms with Crippen molar-refractivity contribution in [3.63, 3.8) is 0 Å². The zero-order chi connectivity index (χ0) is 12.4. The molecule has 0 aliphatic heterocycles. The van der Waals surface area contributed by atoms with E-state index in [9.17, 15) is 0 Å². The first-order chi connectivity index (χ1) is 7.70. The van der Waals surface area contributed by atoms with Gasteiger partial charge in [0.15, 0.2) is 6.20 Å². The van der Waals surface area contributed by atoms with Crippen LogP contribution in [0, 0.1) is 0 Å². The molecule has 5 nitrogen and oxygen atoms in total. The van der Waals surface area contributed by atoms with E-state index in [0.29, 0.717) is 0 Å². The minimum absolute atomic E-state index is 1.19. The third-order valence-electron chi connectivity index (χ3n) is 1.57. The van der Waals surface area contributed by atoms with Gasteiger partial charge in [-0.1, -0.05) is 12.1 Å². The summed E-state index contributed by atoms with van der Waals surface area (Å²) in [6.45, 7) is 0. The molecule has 0 spiro atoms.